The maximum atomic E-state index is 12.6. The van der Waals surface area contributed by atoms with E-state index in [9.17, 15) is 18.0 Å². The van der Waals surface area contributed by atoms with Crippen molar-refractivity contribution in [2.75, 3.05) is 24.6 Å². The highest BCUT2D eigenvalue weighted by atomic mass is 32.2. The number of sulfone groups is 1. The van der Waals surface area contributed by atoms with Gasteiger partial charge in [0.2, 0.25) is 5.91 Å². The Morgan fingerprint density at radius 3 is 2.55 bits per heavy atom. The molecular weight excluding hydrogens is 430 g/mol. The predicted octanol–water partition coefficient (Wildman–Crippen LogP) is 2.40. The normalized spacial score (nSPS) is 17.2. The summed E-state index contributed by atoms with van der Waals surface area (Å²) < 4.78 is 24.1. The molecule has 1 fully saturated rings. The molecule has 1 unspecified atom stereocenters. The van der Waals surface area contributed by atoms with Gasteiger partial charge in [-0.05, 0) is 31.2 Å². The third kappa shape index (κ3) is 4.34. The number of benzene rings is 1. The van der Waals surface area contributed by atoms with Crippen LogP contribution in [0.2, 0.25) is 0 Å². The van der Waals surface area contributed by atoms with E-state index in [0.29, 0.717) is 4.88 Å². The predicted molar refractivity (Wildman–Crippen MR) is 115 cm³/mol. The second-order valence-electron chi connectivity index (χ2n) is 6.82. The van der Waals surface area contributed by atoms with E-state index in [-0.39, 0.29) is 36.4 Å². The van der Waals surface area contributed by atoms with Gasteiger partial charge in [-0.25, -0.2) is 13.4 Å². The van der Waals surface area contributed by atoms with Crippen molar-refractivity contribution in [1.29, 1.82) is 0 Å². The van der Waals surface area contributed by atoms with Gasteiger partial charge >= 0.3 is 0 Å². The summed E-state index contributed by atoms with van der Waals surface area (Å²) in [5, 5.41) is 3.57. The van der Waals surface area contributed by atoms with Gasteiger partial charge in [-0.1, -0.05) is 12.1 Å². The molecule has 3 aromatic rings. The van der Waals surface area contributed by atoms with Gasteiger partial charge in [-0.3, -0.25) is 9.59 Å². The highest BCUT2D eigenvalue weighted by Gasteiger charge is 2.28. The molecule has 1 saturated heterocycles. The van der Waals surface area contributed by atoms with Gasteiger partial charge in [0.1, 0.15) is 11.0 Å². The zero-order valence-electron chi connectivity index (χ0n) is 15.6. The first-order chi connectivity index (χ1) is 13.8. The van der Waals surface area contributed by atoms with E-state index in [0.717, 1.165) is 20.1 Å². The zero-order chi connectivity index (χ0) is 20.6. The van der Waals surface area contributed by atoms with Crippen LogP contribution in [0.5, 0.6) is 0 Å². The first-order valence-corrected chi connectivity index (χ1v) is 12.5. The number of aromatic nitrogens is 1. The Balaban J connectivity index is 1.41. The lowest BCUT2D eigenvalue weighted by Crippen LogP contribution is -2.51. The second kappa shape index (κ2) is 7.85. The van der Waals surface area contributed by atoms with Crippen molar-refractivity contribution in [3.63, 3.8) is 0 Å². The van der Waals surface area contributed by atoms with E-state index in [1.807, 2.05) is 30.3 Å². The van der Waals surface area contributed by atoms with Crippen LogP contribution in [-0.2, 0) is 14.6 Å². The average molecular weight is 450 g/mol. The number of fused-ring (bicyclic) bond motifs is 1. The molecule has 10 heteroatoms. The van der Waals surface area contributed by atoms with Crippen molar-refractivity contribution >= 4 is 54.5 Å². The molecule has 2 amide bonds. The lowest BCUT2D eigenvalue weighted by molar-refractivity contribution is -0.132. The number of thiazole rings is 1. The Morgan fingerprint density at radius 1 is 1.10 bits per heavy atom. The zero-order valence-corrected chi connectivity index (χ0v) is 18.1. The average Bonchev–Trinajstić information content (AvgIpc) is 3.34. The Labute approximate surface area is 176 Å². The van der Waals surface area contributed by atoms with Crippen molar-refractivity contribution in [3.05, 3.63) is 41.3 Å². The monoisotopic (exact) mass is 449 g/mol. The van der Waals surface area contributed by atoms with Crippen LogP contribution in [0.25, 0.3) is 20.1 Å². The summed E-state index contributed by atoms with van der Waals surface area (Å²) in [5.74, 6) is -0.657. The number of amides is 2. The summed E-state index contributed by atoms with van der Waals surface area (Å²) in [6.07, 6.45) is 0. The second-order valence-corrected chi connectivity index (χ2v) is 11.2. The molecule has 1 aliphatic heterocycles. The van der Waals surface area contributed by atoms with Crippen LogP contribution in [0.4, 0.5) is 0 Å². The van der Waals surface area contributed by atoms with E-state index in [2.05, 4.69) is 10.3 Å². The van der Waals surface area contributed by atoms with Gasteiger partial charge in [-0.15, -0.1) is 22.7 Å². The fourth-order valence-electron chi connectivity index (χ4n) is 3.09. The molecule has 4 rings (SSSR count). The number of hydrogen-bond acceptors (Lipinski definition) is 7. The largest absolute Gasteiger partial charge is 0.340 e. The molecule has 3 heterocycles. The molecule has 1 atom stereocenters. The smallest absolute Gasteiger partial charge is 0.262 e. The van der Waals surface area contributed by atoms with Crippen LogP contribution >= 0.6 is 22.7 Å². The Bertz CT molecular complexity index is 1140. The van der Waals surface area contributed by atoms with E-state index in [4.69, 9.17) is 0 Å². The first kappa shape index (κ1) is 20.0. The summed E-state index contributed by atoms with van der Waals surface area (Å²) in [6, 6.07) is 10.7. The van der Waals surface area contributed by atoms with Gasteiger partial charge in [0, 0.05) is 13.1 Å². The van der Waals surface area contributed by atoms with Crippen LogP contribution in [-0.4, -0.2) is 60.8 Å². The first-order valence-electron chi connectivity index (χ1n) is 9.08. The summed E-state index contributed by atoms with van der Waals surface area (Å²) in [7, 11) is -3.06. The lowest BCUT2D eigenvalue weighted by Gasteiger charge is -2.29. The van der Waals surface area contributed by atoms with Crippen molar-refractivity contribution in [2.24, 2.45) is 0 Å². The molecule has 1 aromatic carbocycles. The van der Waals surface area contributed by atoms with Crippen molar-refractivity contribution < 1.29 is 18.0 Å². The van der Waals surface area contributed by atoms with Crippen LogP contribution < -0.4 is 5.32 Å². The number of para-hydroxylation sites is 1. The number of thiophene rings is 1. The Morgan fingerprint density at radius 2 is 1.83 bits per heavy atom. The molecule has 0 spiro atoms. The fourth-order valence-corrected chi connectivity index (χ4v) is 6.22. The van der Waals surface area contributed by atoms with Crippen LogP contribution in [0, 0.1) is 0 Å². The Hall–Kier alpha value is -2.30. The van der Waals surface area contributed by atoms with Crippen molar-refractivity contribution in [2.45, 2.75) is 13.0 Å². The number of carbonyl (C=O) groups excluding carboxylic acids is 2. The number of carbonyl (C=O) groups is 2. The van der Waals surface area contributed by atoms with E-state index >= 15 is 0 Å². The molecule has 2 aromatic heterocycles. The minimum atomic E-state index is -3.06. The summed E-state index contributed by atoms with van der Waals surface area (Å²) in [6.45, 7) is 1.95. The maximum absolute atomic E-state index is 12.6. The van der Waals surface area contributed by atoms with Gasteiger partial charge in [0.25, 0.3) is 5.91 Å². The highest BCUT2D eigenvalue weighted by molar-refractivity contribution is 7.91. The van der Waals surface area contributed by atoms with E-state index < -0.39 is 15.9 Å². The number of nitrogens with one attached hydrogen (secondary N) is 1. The van der Waals surface area contributed by atoms with Gasteiger partial charge in [0.15, 0.2) is 9.84 Å². The topological polar surface area (TPSA) is 96.4 Å². The number of nitrogens with zero attached hydrogens (tertiary/aromatic N) is 2. The molecule has 29 heavy (non-hydrogen) atoms. The SMILES string of the molecule is CC(NC(=O)c1ccc(-c2nc3ccccc3s2)s1)C(=O)N1CCS(=O)(=O)CC1. The lowest BCUT2D eigenvalue weighted by atomic mass is 10.2. The van der Waals surface area contributed by atoms with Crippen molar-refractivity contribution in [1.82, 2.24) is 15.2 Å². The maximum Gasteiger partial charge on any atom is 0.262 e. The Kier molecular flexibility index (Phi) is 5.41. The molecule has 0 bridgehead atoms. The number of hydrogen-bond donors (Lipinski definition) is 1. The summed E-state index contributed by atoms with van der Waals surface area (Å²) >= 11 is 2.90. The highest BCUT2D eigenvalue weighted by Crippen LogP contribution is 2.34. The minimum absolute atomic E-state index is 0.0319. The van der Waals surface area contributed by atoms with E-state index in [1.165, 1.54) is 16.2 Å². The van der Waals surface area contributed by atoms with Crippen LogP contribution in [0.3, 0.4) is 0 Å². The minimum Gasteiger partial charge on any atom is -0.340 e. The van der Waals surface area contributed by atoms with Gasteiger partial charge < -0.3 is 10.2 Å². The third-order valence-electron chi connectivity index (χ3n) is 4.71. The standard InChI is InChI=1S/C19H19N3O4S3/c1-12(19(24)22-8-10-29(25,26)11-9-22)20-17(23)15-6-7-16(27-15)18-21-13-4-2-3-5-14(13)28-18/h2-7,12H,8-11H2,1H3,(H,20,23). The summed E-state index contributed by atoms with van der Waals surface area (Å²) in [5.41, 5.74) is 0.926. The van der Waals surface area contributed by atoms with E-state index in [1.54, 1.807) is 24.3 Å². The fraction of sp³-hybridized carbons (Fsp3) is 0.316. The molecule has 1 aliphatic rings. The summed E-state index contributed by atoms with van der Waals surface area (Å²) in [4.78, 5) is 32.6. The molecular formula is C19H19N3O4S3. The molecule has 152 valence electrons. The molecule has 0 radical (unpaired) electrons. The molecule has 1 N–H and O–H groups in total. The molecule has 0 saturated carbocycles. The third-order valence-corrected chi connectivity index (χ3v) is 8.61. The van der Waals surface area contributed by atoms with Gasteiger partial charge in [-0.2, -0.15) is 0 Å². The van der Waals surface area contributed by atoms with Crippen LogP contribution in [0.1, 0.15) is 16.6 Å². The van der Waals surface area contributed by atoms with Crippen LogP contribution in [0.15, 0.2) is 36.4 Å². The van der Waals surface area contributed by atoms with Gasteiger partial charge in [0.05, 0.1) is 31.5 Å². The molecule has 7 nitrogen and oxygen atoms in total. The molecule has 0 aliphatic carbocycles. The van der Waals surface area contributed by atoms with Crippen molar-refractivity contribution in [3.8, 4) is 9.88 Å². The number of rotatable bonds is 4. The quantitative estimate of drug-likeness (QED) is 0.660.